The fourth-order valence-corrected chi connectivity index (χ4v) is 2.93. The van der Waals surface area contributed by atoms with Gasteiger partial charge in [0.15, 0.2) is 0 Å². The van der Waals surface area contributed by atoms with Gasteiger partial charge in [0, 0.05) is 17.0 Å². The number of hydrogen-bond donors (Lipinski definition) is 1. The molecule has 0 saturated heterocycles. The number of aromatic nitrogens is 1. The van der Waals surface area contributed by atoms with Gasteiger partial charge in [0.1, 0.15) is 5.01 Å². The monoisotopic (exact) mass is 224 g/mol. The van der Waals surface area contributed by atoms with Crippen LogP contribution in [0.25, 0.3) is 9.88 Å². The van der Waals surface area contributed by atoms with Crippen LogP contribution in [0.4, 0.5) is 0 Å². The van der Waals surface area contributed by atoms with Gasteiger partial charge in [0.2, 0.25) is 0 Å². The molecular weight excluding hydrogens is 212 g/mol. The lowest BCUT2D eigenvalue weighted by molar-refractivity contribution is 0.787. The third-order valence-corrected chi connectivity index (χ3v) is 4.36. The molecule has 2 nitrogen and oxygen atoms in total. The molecule has 14 heavy (non-hydrogen) atoms. The molecule has 0 aromatic carbocycles. The minimum atomic E-state index is 0.418. The van der Waals surface area contributed by atoms with Crippen LogP contribution in [0.1, 0.15) is 17.7 Å². The van der Waals surface area contributed by atoms with Crippen molar-refractivity contribution in [3.8, 4) is 9.88 Å². The predicted molar refractivity (Wildman–Crippen MR) is 62.9 cm³/mol. The van der Waals surface area contributed by atoms with Crippen LogP contribution in [0.15, 0.2) is 23.7 Å². The van der Waals surface area contributed by atoms with E-state index in [9.17, 15) is 0 Å². The van der Waals surface area contributed by atoms with E-state index in [1.807, 2.05) is 12.3 Å². The highest BCUT2D eigenvalue weighted by atomic mass is 32.1. The maximum absolute atomic E-state index is 5.61. The van der Waals surface area contributed by atoms with Crippen molar-refractivity contribution in [3.05, 3.63) is 28.6 Å². The van der Waals surface area contributed by atoms with Crippen molar-refractivity contribution in [1.29, 1.82) is 0 Å². The Kier molecular flexibility index (Phi) is 2.96. The second-order valence-corrected chi connectivity index (χ2v) is 5.19. The summed E-state index contributed by atoms with van der Waals surface area (Å²) in [4.78, 5) is 6.92. The quantitative estimate of drug-likeness (QED) is 0.870. The molecule has 0 radical (unpaired) electrons. The molecule has 2 aromatic rings. The summed E-state index contributed by atoms with van der Waals surface area (Å²) in [6.45, 7) is 2.82. The Morgan fingerprint density at radius 2 is 2.43 bits per heavy atom. The molecule has 4 heteroatoms. The molecule has 0 aliphatic rings. The van der Waals surface area contributed by atoms with Gasteiger partial charge >= 0.3 is 0 Å². The molecule has 2 aromatic heterocycles. The average molecular weight is 224 g/mol. The summed E-state index contributed by atoms with van der Waals surface area (Å²) in [5.41, 5.74) is 5.61. The van der Waals surface area contributed by atoms with Crippen LogP contribution in [-0.4, -0.2) is 11.5 Å². The van der Waals surface area contributed by atoms with E-state index in [0.717, 1.165) is 5.01 Å². The van der Waals surface area contributed by atoms with Gasteiger partial charge in [0.25, 0.3) is 0 Å². The molecule has 0 aliphatic carbocycles. The first-order chi connectivity index (χ1) is 6.81. The van der Waals surface area contributed by atoms with Crippen molar-refractivity contribution >= 4 is 22.7 Å². The van der Waals surface area contributed by atoms with Gasteiger partial charge in [-0.1, -0.05) is 13.0 Å². The number of hydrogen-bond acceptors (Lipinski definition) is 4. The van der Waals surface area contributed by atoms with Gasteiger partial charge in [-0.15, -0.1) is 22.7 Å². The van der Waals surface area contributed by atoms with E-state index in [-0.39, 0.29) is 0 Å². The van der Waals surface area contributed by atoms with E-state index < -0.39 is 0 Å². The zero-order chi connectivity index (χ0) is 9.97. The topological polar surface area (TPSA) is 38.9 Å². The molecule has 0 fully saturated rings. The highest BCUT2D eigenvalue weighted by molar-refractivity contribution is 7.21. The lowest BCUT2D eigenvalue weighted by Crippen LogP contribution is -2.07. The van der Waals surface area contributed by atoms with Gasteiger partial charge in [-0.05, 0) is 18.0 Å². The average Bonchev–Trinajstić information content (AvgIpc) is 2.86. The molecular formula is C10H12N2S2. The van der Waals surface area contributed by atoms with Crippen molar-refractivity contribution in [3.63, 3.8) is 0 Å². The fourth-order valence-electron chi connectivity index (χ4n) is 1.14. The van der Waals surface area contributed by atoms with E-state index in [2.05, 4.69) is 23.4 Å². The predicted octanol–water partition coefficient (Wildman–Crippen LogP) is 2.93. The minimum absolute atomic E-state index is 0.418. The summed E-state index contributed by atoms with van der Waals surface area (Å²) in [7, 11) is 0. The Balaban J connectivity index is 2.26. The largest absolute Gasteiger partial charge is 0.330 e. The van der Waals surface area contributed by atoms with Crippen molar-refractivity contribution in [2.24, 2.45) is 5.73 Å². The van der Waals surface area contributed by atoms with Gasteiger partial charge in [0.05, 0.1) is 4.88 Å². The molecule has 1 unspecified atom stereocenters. The van der Waals surface area contributed by atoms with Gasteiger partial charge in [-0.2, -0.15) is 0 Å². The maximum Gasteiger partial charge on any atom is 0.133 e. The van der Waals surface area contributed by atoms with Crippen molar-refractivity contribution in [1.82, 2.24) is 4.98 Å². The van der Waals surface area contributed by atoms with Crippen LogP contribution >= 0.6 is 22.7 Å². The van der Waals surface area contributed by atoms with E-state index in [0.29, 0.717) is 12.5 Å². The molecule has 2 N–H and O–H groups in total. The minimum Gasteiger partial charge on any atom is -0.330 e. The Hall–Kier alpha value is -0.710. The standard InChI is InChI=1S/C10H12N2S2/c1-7(5-11)9-6-12-10(14-9)8-3-2-4-13-8/h2-4,6-7H,5,11H2,1H3. The van der Waals surface area contributed by atoms with Crippen LogP contribution in [-0.2, 0) is 0 Å². The first-order valence-electron chi connectivity index (χ1n) is 4.51. The molecule has 0 bridgehead atoms. The molecule has 0 spiro atoms. The van der Waals surface area contributed by atoms with E-state index in [1.165, 1.54) is 9.75 Å². The van der Waals surface area contributed by atoms with Crippen molar-refractivity contribution in [2.75, 3.05) is 6.54 Å². The smallest absolute Gasteiger partial charge is 0.133 e. The third-order valence-electron chi connectivity index (χ3n) is 2.09. The molecule has 0 saturated carbocycles. The summed E-state index contributed by atoms with van der Waals surface area (Å²) < 4.78 is 0. The van der Waals surface area contributed by atoms with Gasteiger partial charge < -0.3 is 5.73 Å². The molecule has 2 heterocycles. The molecule has 0 amide bonds. The number of nitrogens with two attached hydrogens (primary N) is 1. The number of rotatable bonds is 3. The zero-order valence-electron chi connectivity index (χ0n) is 7.93. The fraction of sp³-hybridized carbons (Fsp3) is 0.300. The Labute approximate surface area is 91.4 Å². The first-order valence-corrected chi connectivity index (χ1v) is 6.20. The molecule has 2 rings (SSSR count). The summed E-state index contributed by atoms with van der Waals surface area (Å²) in [5.74, 6) is 0.418. The highest BCUT2D eigenvalue weighted by Crippen LogP contribution is 2.31. The summed E-state index contributed by atoms with van der Waals surface area (Å²) >= 11 is 3.47. The number of nitrogens with zero attached hydrogens (tertiary/aromatic N) is 1. The van der Waals surface area contributed by atoms with E-state index >= 15 is 0 Å². The SMILES string of the molecule is CC(CN)c1cnc(-c2cccs2)s1. The summed E-state index contributed by atoms with van der Waals surface area (Å²) in [5, 5.41) is 3.18. The third kappa shape index (κ3) is 1.87. The second-order valence-electron chi connectivity index (χ2n) is 3.18. The van der Waals surface area contributed by atoms with E-state index in [4.69, 9.17) is 5.73 Å². The lowest BCUT2D eigenvalue weighted by atomic mass is 10.2. The number of thiazole rings is 1. The molecule has 0 aliphatic heterocycles. The van der Waals surface area contributed by atoms with Crippen LogP contribution in [0.2, 0.25) is 0 Å². The second kappa shape index (κ2) is 4.21. The number of thiophene rings is 1. The van der Waals surface area contributed by atoms with Crippen LogP contribution in [0.3, 0.4) is 0 Å². The highest BCUT2D eigenvalue weighted by Gasteiger charge is 2.09. The van der Waals surface area contributed by atoms with E-state index in [1.54, 1.807) is 22.7 Å². The Morgan fingerprint density at radius 3 is 3.07 bits per heavy atom. The summed E-state index contributed by atoms with van der Waals surface area (Å²) in [6, 6.07) is 4.15. The zero-order valence-corrected chi connectivity index (χ0v) is 9.57. The van der Waals surface area contributed by atoms with Crippen LogP contribution in [0.5, 0.6) is 0 Å². The normalized spacial score (nSPS) is 13.0. The van der Waals surface area contributed by atoms with Crippen LogP contribution in [0, 0.1) is 0 Å². The van der Waals surface area contributed by atoms with Gasteiger partial charge in [-0.3, -0.25) is 0 Å². The Morgan fingerprint density at radius 1 is 1.57 bits per heavy atom. The van der Waals surface area contributed by atoms with Crippen molar-refractivity contribution < 1.29 is 0 Å². The van der Waals surface area contributed by atoms with Gasteiger partial charge in [-0.25, -0.2) is 4.98 Å². The lowest BCUT2D eigenvalue weighted by Gasteiger charge is -2.01. The maximum atomic E-state index is 5.61. The summed E-state index contributed by atoms with van der Waals surface area (Å²) in [6.07, 6.45) is 1.94. The van der Waals surface area contributed by atoms with Crippen molar-refractivity contribution in [2.45, 2.75) is 12.8 Å². The molecule has 74 valence electrons. The Bertz CT molecular complexity index is 392. The van der Waals surface area contributed by atoms with Crippen LogP contribution < -0.4 is 5.73 Å². The molecule has 1 atom stereocenters. The first kappa shape index (κ1) is 9.83.